The average molecular weight is 205 g/mol. The SMILES string of the molecule is CNC(c1ccncn1)c1cccs1. The zero-order valence-corrected chi connectivity index (χ0v) is 8.66. The van der Waals surface area contributed by atoms with Crippen LogP contribution >= 0.6 is 11.3 Å². The van der Waals surface area contributed by atoms with Crippen LogP contribution < -0.4 is 5.32 Å². The van der Waals surface area contributed by atoms with E-state index in [1.165, 1.54) is 4.88 Å². The highest BCUT2D eigenvalue weighted by molar-refractivity contribution is 7.10. The Morgan fingerprint density at radius 3 is 2.93 bits per heavy atom. The minimum absolute atomic E-state index is 0.179. The zero-order chi connectivity index (χ0) is 9.80. The number of aromatic nitrogens is 2. The van der Waals surface area contributed by atoms with Crippen LogP contribution in [-0.2, 0) is 0 Å². The molecule has 0 saturated heterocycles. The lowest BCUT2D eigenvalue weighted by Crippen LogP contribution is -2.17. The van der Waals surface area contributed by atoms with Crippen molar-refractivity contribution in [3.63, 3.8) is 0 Å². The van der Waals surface area contributed by atoms with E-state index < -0.39 is 0 Å². The number of hydrogen-bond donors (Lipinski definition) is 1. The highest BCUT2D eigenvalue weighted by Gasteiger charge is 2.13. The minimum Gasteiger partial charge on any atom is -0.307 e. The van der Waals surface area contributed by atoms with Gasteiger partial charge in [0.25, 0.3) is 0 Å². The number of nitrogens with zero attached hydrogens (tertiary/aromatic N) is 2. The number of hydrogen-bond acceptors (Lipinski definition) is 4. The van der Waals surface area contributed by atoms with Crippen molar-refractivity contribution in [2.24, 2.45) is 0 Å². The van der Waals surface area contributed by atoms with Gasteiger partial charge in [0.2, 0.25) is 0 Å². The number of nitrogens with one attached hydrogen (secondary N) is 1. The molecule has 0 fully saturated rings. The number of thiophene rings is 1. The topological polar surface area (TPSA) is 37.8 Å². The summed E-state index contributed by atoms with van der Waals surface area (Å²) in [5.41, 5.74) is 1.00. The first-order valence-electron chi connectivity index (χ1n) is 4.38. The molecule has 0 aliphatic rings. The molecule has 0 bridgehead atoms. The van der Waals surface area contributed by atoms with Crippen LogP contribution in [0.25, 0.3) is 0 Å². The summed E-state index contributed by atoms with van der Waals surface area (Å²) < 4.78 is 0. The van der Waals surface area contributed by atoms with E-state index >= 15 is 0 Å². The normalized spacial score (nSPS) is 12.6. The maximum absolute atomic E-state index is 4.24. The lowest BCUT2D eigenvalue weighted by molar-refractivity contribution is 0.679. The summed E-state index contributed by atoms with van der Waals surface area (Å²) >= 11 is 1.73. The van der Waals surface area contributed by atoms with Gasteiger partial charge in [0.15, 0.2) is 0 Å². The third kappa shape index (κ3) is 1.81. The maximum atomic E-state index is 4.24. The Kier molecular flexibility index (Phi) is 2.86. The second-order valence-electron chi connectivity index (χ2n) is 2.87. The van der Waals surface area contributed by atoms with Crippen molar-refractivity contribution in [2.75, 3.05) is 7.05 Å². The molecule has 2 aromatic rings. The van der Waals surface area contributed by atoms with E-state index in [0.717, 1.165) is 5.69 Å². The summed E-state index contributed by atoms with van der Waals surface area (Å²) in [4.78, 5) is 9.42. The molecule has 3 nitrogen and oxygen atoms in total. The van der Waals surface area contributed by atoms with Crippen LogP contribution in [0.15, 0.2) is 36.1 Å². The molecule has 0 radical (unpaired) electrons. The van der Waals surface area contributed by atoms with Gasteiger partial charge >= 0.3 is 0 Å². The van der Waals surface area contributed by atoms with Crippen molar-refractivity contribution < 1.29 is 0 Å². The van der Waals surface area contributed by atoms with Gasteiger partial charge in [-0.05, 0) is 24.6 Å². The fourth-order valence-corrected chi connectivity index (χ4v) is 2.21. The second-order valence-corrected chi connectivity index (χ2v) is 3.85. The van der Waals surface area contributed by atoms with Crippen molar-refractivity contribution >= 4 is 11.3 Å². The van der Waals surface area contributed by atoms with E-state index in [0.29, 0.717) is 0 Å². The molecule has 14 heavy (non-hydrogen) atoms. The molecule has 0 aliphatic heterocycles. The summed E-state index contributed by atoms with van der Waals surface area (Å²) in [6.07, 6.45) is 3.34. The Morgan fingerprint density at radius 1 is 1.43 bits per heavy atom. The predicted octanol–water partition coefficient (Wildman–Crippen LogP) is 1.85. The maximum Gasteiger partial charge on any atom is 0.115 e. The lowest BCUT2D eigenvalue weighted by Gasteiger charge is -2.12. The van der Waals surface area contributed by atoms with Gasteiger partial charge in [0.05, 0.1) is 11.7 Å². The molecule has 1 unspecified atom stereocenters. The van der Waals surface area contributed by atoms with Crippen molar-refractivity contribution in [2.45, 2.75) is 6.04 Å². The van der Waals surface area contributed by atoms with E-state index in [-0.39, 0.29) is 6.04 Å². The zero-order valence-electron chi connectivity index (χ0n) is 7.84. The largest absolute Gasteiger partial charge is 0.307 e. The Balaban J connectivity index is 2.31. The molecule has 0 spiro atoms. The summed E-state index contributed by atoms with van der Waals surface area (Å²) in [6.45, 7) is 0. The van der Waals surface area contributed by atoms with E-state index in [4.69, 9.17) is 0 Å². The lowest BCUT2D eigenvalue weighted by atomic mass is 10.1. The smallest absolute Gasteiger partial charge is 0.115 e. The van der Waals surface area contributed by atoms with E-state index in [9.17, 15) is 0 Å². The summed E-state index contributed by atoms with van der Waals surface area (Å²) in [5.74, 6) is 0. The molecule has 0 aromatic carbocycles. The van der Waals surface area contributed by atoms with Gasteiger partial charge < -0.3 is 5.32 Å². The molecular formula is C10H11N3S. The highest BCUT2D eigenvalue weighted by atomic mass is 32.1. The molecule has 2 rings (SSSR count). The van der Waals surface area contributed by atoms with Gasteiger partial charge in [-0.1, -0.05) is 6.07 Å². The molecule has 1 atom stereocenters. The van der Waals surface area contributed by atoms with E-state index in [2.05, 4.69) is 26.7 Å². The highest BCUT2D eigenvalue weighted by Crippen LogP contribution is 2.23. The molecule has 4 heteroatoms. The molecule has 0 aliphatic carbocycles. The van der Waals surface area contributed by atoms with Crippen molar-refractivity contribution in [1.82, 2.24) is 15.3 Å². The van der Waals surface area contributed by atoms with Crippen LogP contribution in [0.3, 0.4) is 0 Å². The fraction of sp³-hybridized carbons (Fsp3) is 0.200. The number of rotatable bonds is 3. The average Bonchev–Trinajstić information content (AvgIpc) is 2.74. The van der Waals surface area contributed by atoms with Crippen molar-refractivity contribution in [1.29, 1.82) is 0 Å². The minimum atomic E-state index is 0.179. The second kappa shape index (κ2) is 4.30. The fourth-order valence-electron chi connectivity index (χ4n) is 1.36. The van der Waals surface area contributed by atoms with Gasteiger partial charge in [0.1, 0.15) is 6.33 Å². The molecule has 1 N–H and O–H groups in total. The Bertz CT molecular complexity index is 372. The quantitative estimate of drug-likeness (QED) is 0.831. The molecule has 2 heterocycles. The van der Waals surface area contributed by atoms with Gasteiger partial charge in [-0.3, -0.25) is 0 Å². The van der Waals surface area contributed by atoms with Gasteiger partial charge in [-0.2, -0.15) is 0 Å². The summed E-state index contributed by atoms with van der Waals surface area (Å²) in [7, 11) is 1.94. The van der Waals surface area contributed by atoms with E-state index in [1.807, 2.05) is 19.2 Å². The van der Waals surface area contributed by atoms with Crippen molar-refractivity contribution in [3.05, 3.63) is 46.7 Å². The van der Waals surface area contributed by atoms with Gasteiger partial charge in [-0.15, -0.1) is 11.3 Å². The van der Waals surface area contributed by atoms with Crippen LogP contribution in [0.2, 0.25) is 0 Å². The monoisotopic (exact) mass is 205 g/mol. The first-order valence-corrected chi connectivity index (χ1v) is 5.26. The van der Waals surface area contributed by atoms with Crippen LogP contribution in [-0.4, -0.2) is 17.0 Å². The van der Waals surface area contributed by atoms with Crippen molar-refractivity contribution in [3.8, 4) is 0 Å². The van der Waals surface area contributed by atoms with Gasteiger partial charge in [-0.25, -0.2) is 9.97 Å². The molecule has 2 aromatic heterocycles. The molecule has 0 saturated carbocycles. The first kappa shape index (κ1) is 9.30. The predicted molar refractivity (Wildman–Crippen MR) is 57.3 cm³/mol. The van der Waals surface area contributed by atoms with Crippen LogP contribution in [0.5, 0.6) is 0 Å². The summed E-state index contributed by atoms with van der Waals surface area (Å²) in [5, 5.41) is 5.31. The first-order chi connectivity index (χ1) is 6.92. The third-order valence-corrected chi connectivity index (χ3v) is 2.95. The van der Waals surface area contributed by atoms with Crippen LogP contribution in [0.1, 0.15) is 16.6 Å². The Morgan fingerprint density at radius 2 is 2.36 bits per heavy atom. The van der Waals surface area contributed by atoms with Gasteiger partial charge in [0, 0.05) is 11.1 Å². The molecular weight excluding hydrogens is 194 g/mol. The third-order valence-electron chi connectivity index (χ3n) is 2.02. The Labute approximate surface area is 86.8 Å². The van der Waals surface area contributed by atoms with Crippen LogP contribution in [0, 0.1) is 0 Å². The Hall–Kier alpha value is -1.26. The standard InChI is InChI=1S/C10H11N3S/c1-11-10(9-3-2-6-14-9)8-4-5-12-7-13-8/h2-7,10-11H,1H3. The summed E-state index contributed by atoms with van der Waals surface area (Å²) in [6, 6.07) is 6.26. The van der Waals surface area contributed by atoms with Crippen LogP contribution in [0.4, 0.5) is 0 Å². The molecule has 72 valence electrons. The molecule has 0 amide bonds. The van der Waals surface area contributed by atoms with E-state index in [1.54, 1.807) is 23.9 Å².